The largest absolute Gasteiger partial charge is 0.495 e. The fourth-order valence-electron chi connectivity index (χ4n) is 3.39. The third-order valence-corrected chi connectivity index (χ3v) is 6.61. The first-order valence-electron chi connectivity index (χ1n) is 8.59. The van der Waals surface area contributed by atoms with Crippen molar-refractivity contribution >= 4 is 10.0 Å². The maximum atomic E-state index is 13.5. The summed E-state index contributed by atoms with van der Waals surface area (Å²) in [7, 11) is -0.327. The molecule has 6 nitrogen and oxygen atoms in total. The molecular formula is C18H25N3O3S. The van der Waals surface area contributed by atoms with Gasteiger partial charge in [0.15, 0.2) is 0 Å². The van der Waals surface area contributed by atoms with Crippen LogP contribution < -0.4 is 4.74 Å². The fraction of sp³-hybridized carbons (Fsp3) is 0.500. The van der Waals surface area contributed by atoms with Crippen molar-refractivity contribution in [2.45, 2.75) is 43.5 Å². The van der Waals surface area contributed by atoms with Crippen molar-refractivity contribution in [3.05, 3.63) is 41.7 Å². The van der Waals surface area contributed by atoms with E-state index in [4.69, 9.17) is 4.74 Å². The smallest absolute Gasteiger partial charge is 0.247 e. The third-order valence-electron chi connectivity index (χ3n) is 4.69. The van der Waals surface area contributed by atoms with Crippen LogP contribution in [0.5, 0.6) is 5.75 Å². The summed E-state index contributed by atoms with van der Waals surface area (Å²) in [5, 5.41) is 4.47. The van der Waals surface area contributed by atoms with Gasteiger partial charge in [-0.05, 0) is 43.5 Å². The Morgan fingerprint density at radius 3 is 2.68 bits per heavy atom. The van der Waals surface area contributed by atoms with E-state index in [1.807, 2.05) is 32.3 Å². The lowest BCUT2D eigenvalue weighted by Crippen LogP contribution is -2.35. The summed E-state index contributed by atoms with van der Waals surface area (Å²) in [6, 6.07) is 6.94. The number of sulfonamides is 1. The Bertz CT molecular complexity index is 845. The van der Waals surface area contributed by atoms with Gasteiger partial charge >= 0.3 is 0 Å². The second-order valence-electron chi connectivity index (χ2n) is 6.55. The second-order valence-corrected chi connectivity index (χ2v) is 8.41. The number of aryl methyl sites for hydroxylation is 2. The molecule has 1 atom stereocenters. The molecule has 136 valence electrons. The van der Waals surface area contributed by atoms with Gasteiger partial charge in [-0.25, -0.2) is 8.42 Å². The highest BCUT2D eigenvalue weighted by atomic mass is 32.2. The van der Waals surface area contributed by atoms with Gasteiger partial charge in [0.05, 0.1) is 18.8 Å². The van der Waals surface area contributed by atoms with E-state index in [1.54, 1.807) is 21.1 Å². The molecule has 0 N–H and O–H groups in total. The Balaban J connectivity index is 2.08. The van der Waals surface area contributed by atoms with Gasteiger partial charge in [0.1, 0.15) is 10.6 Å². The minimum atomic E-state index is -3.68. The van der Waals surface area contributed by atoms with E-state index >= 15 is 0 Å². The number of benzene rings is 1. The number of aromatic nitrogens is 2. The minimum Gasteiger partial charge on any atom is -0.495 e. The predicted molar refractivity (Wildman–Crippen MR) is 96.0 cm³/mol. The van der Waals surface area contributed by atoms with Crippen LogP contribution in [0.25, 0.3) is 0 Å². The number of methoxy groups -OCH3 is 1. The summed E-state index contributed by atoms with van der Waals surface area (Å²) in [5.74, 6) is 0.384. The van der Waals surface area contributed by atoms with E-state index in [9.17, 15) is 8.42 Å². The molecule has 1 fully saturated rings. The van der Waals surface area contributed by atoms with Crippen molar-refractivity contribution in [2.75, 3.05) is 13.7 Å². The molecule has 0 amide bonds. The summed E-state index contributed by atoms with van der Waals surface area (Å²) in [6.07, 6.45) is 5.53. The van der Waals surface area contributed by atoms with Crippen molar-refractivity contribution < 1.29 is 13.2 Å². The Hall–Kier alpha value is -1.86. The Kier molecular flexibility index (Phi) is 5.15. The number of hydrogen-bond donors (Lipinski definition) is 0. The van der Waals surface area contributed by atoms with Gasteiger partial charge in [-0.1, -0.05) is 18.9 Å². The lowest BCUT2D eigenvalue weighted by molar-refractivity contribution is 0.319. The first kappa shape index (κ1) is 17.9. The molecule has 0 unspecified atom stereocenters. The minimum absolute atomic E-state index is 0.234. The van der Waals surface area contributed by atoms with Crippen LogP contribution in [-0.4, -0.2) is 36.2 Å². The molecule has 1 aliphatic rings. The van der Waals surface area contributed by atoms with Gasteiger partial charge in [-0.3, -0.25) is 4.68 Å². The zero-order chi connectivity index (χ0) is 18.0. The van der Waals surface area contributed by atoms with Crippen molar-refractivity contribution in [3.63, 3.8) is 0 Å². The third kappa shape index (κ3) is 3.57. The molecule has 3 rings (SSSR count). The van der Waals surface area contributed by atoms with E-state index < -0.39 is 10.0 Å². The summed E-state index contributed by atoms with van der Waals surface area (Å²) in [5.41, 5.74) is 1.70. The van der Waals surface area contributed by atoms with E-state index in [2.05, 4.69) is 5.10 Å². The van der Waals surface area contributed by atoms with Crippen LogP contribution in [0, 0.1) is 6.92 Å². The molecular weight excluding hydrogens is 338 g/mol. The molecule has 1 saturated heterocycles. The first-order chi connectivity index (χ1) is 11.9. The molecule has 2 aromatic rings. The normalized spacial score (nSPS) is 19.6. The van der Waals surface area contributed by atoms with E-state index in [-0.39, 0.29) is 10.9 Å². The molecule has 7 heteroatoms. The SMILES string of the molecule is COc1ccc(C)cc1S(=O)(=O)N1CCCCC[C@H]1c1ccn(C)n1. The summed E-state index contributed by atoms with van der Waals surface area (Å²) < 4.78 is 35.6. The molecule has 0 spiro atoms. The zero-order valence-corrected chi connectivity index (χ0v) is 15.8. The van der Waals surface area contributed by atoms with Crippen LogP contribution in [0.3, 0.4) is 0 Å². The highest BCUT2D eigenvalue weighted by Gasteiger charge is 2.36. The molecule has 1 aliphatic heterocycles. The molecule has 2 heterocycles. The van der Waals surface area contributed by atoms with Crippen LogP contribution in [-0.2, 0) is 17.1 Å². The molecule has 0 bridgehead atoms. The van der Waals surface area contributed by atoms with E-state index in [1.165, 1.54) is 7.11 Å². The lowest BCUT2D eigenvalue weighted by Gasteiger charge is -2.28. The van der Waals surface area contributed by atoms with Gasteiger partial charge in [0.25, 0.3) is 0 Å². The summed E-state index contributed by atoms with van der Waals surface area (Å²) in [6.45, 7) is 2.39. The van der Waals surface area contributed by atoms with Crippen LogP contribution in [0.15, 0.2) is 35.4 Å². The zero-order valence-electron chi connectivity index (χ0n) is 15.0. The van der Waals surface area contributed by atoms with Gasteiger partial charge in [0, 0.05) is 19.8 Å². The average Bonchev–Trinajstić information content (AvgIpc) is 2.86. The number of ether oxygens (including phenoxy) is 1. The van der Waals surface area contributed by atoms with Crippen LogP contribution in [0.1, 0.15) is 43.0 Å². The van der Waals surface area contributed by atoms with Crippen LogP contribution >= 0.6 is 0 Å². The van der Waals surface area contributed by atoms with Crippen molar-refractivity contribution in [2.24, 2.45) is 7.05 Å². The average molecular weight is 363 g/mol. The molecule has 0 saturated carbocycles. The fourth-order valence-corrected chi connectivity index (χ4v) is 5.30. The molecule has 25 heavy (non-hydrogen) atoms. The van der Waals surface area contributed by atoms with E-state index in [0.29, 0.717) is 12.3 Å². The Morgan fingerprint density at radius 1 is 1.20 bits per heavy atom. The number of hydrogen-bond acceptors (Lipinski definition) is 4. The standard InChI is InChI=1S/C18H25N3O3S/c1-14-8-9-17(24-3)18(13-14)25(22,23)21-11-6-4-5-7-16(21)15-10-12-20(2)19-15/h8-10,12-13,16H,4-7,11H2,1-3H3/t16-/m0/s1. The molecule has 1 aromatic heterocycles. The van der Waals surface area contributed by atoms with Crippen molar-refractivity contribution in [3.8, 4) is 5.75 Å². The molecule has 0 radical (unpaired) electrons. The second kappa shape index (κ2) is 7.17. The maximum absolute atomic E-state index is 13.5. The molecule has 1 aromatic carbocycles. The highest BCUT2D eigenvalue weighted by Crippen LogP contribution is 2.36. The highest BCUT2D eigenvalue weighted by molar-refractivity contribution is 7.89. The van der Waals surface area contributed by atoms with Gasteiger partial charge in [0.2, 0.25) is 10.0 Å². The van der Waals surface area contributed by atoms with Gasteiger partial charge in [-0.2, -0.15) is 9.40 Å². The molecule has 0 aliphatic carbocycles. The number of nitrogens with zero attached hydrogens (tertiary/aromatic N) is 3. The van der Waals surface area contributed by atoms with Crippen LogP contribution in [0.2, 0.25) is 0 Å². The summed E-state index contributed by atoms with van der Waals surface area (Å²) in [4.78, 5) is 0.234. The summed E-state index contributed by atoms with van der Waals surface area (Å²) >= 11 is 0. The lowest BCUT2D eigenvalue weighted by atomic mass is 10.1. The van der Waals surface area contributed by atoms with Crippen molar-refractivity contribution in [1.82, 2.24) is 14.1 Å². The predicted octanol–water partition coefficient (Wildman–Crippen LogP) is 3.04. The van der Waals surface area contributed by atoms with E-state index in [0.717, 1.165) is 36.9 Å². The monoisotopic (exact) mass is 363 g/mol. The quantitative estimate of drug-likeness (QED) is 0.837. The maximum Gasteiger partial charge on any atom is 0.247 e. The Labute approximate surface area is 149 Å². The van der Waals surface area contributed by atoms with Gasteiger partial charge in [-0.15, -0.1) is 0 Å². The first-order valence-corrected chi connectivity index (χ1v) is 10.0. The topological polar surface area (TPSA) is 64.4 Å². The van der Waals surface area contributed by atoms with Gasteiger partial charge < -0.3 is 4.74 Å². The number of rotatable bonds is 4. The Morgan fingerprint density at radius 2 is 2.00 bits per heavy atom. The van der Waals surface area contributed by atoms with Crippen molar-refractivity contribution in [1.29, 1.82) is 0 Å². The van der Waals surface area contributed by atoms with Crippen LogP contribution in [0.4, 0.5) is 0 Å².